The number of nitrogens with zero attached hydrogens (tertiary/aromatic N) is 1. The van der Waals surface area contributed by atoms with Gasteiger partial charge in [-0.1, -0.05) is 11.6 Å². The molecule has 0 saturated carbocycles. The van der Waals surface area contributed by atoms with Gasteiger partial charge in [-0.15, -0.1) is 0 Å². The van der Waals surface area contributed by atoms with Gasteiger partial charge in [-0.3, -0.25) is 9.59 Å². The molecule has 0 radical (unpaired) electrons. The van der Waals surface area contributed by atoms with Crippen LogP contribution in [-0.2, 0) is 14.8 Å². The van der Waals surface area contributed by atoms with Gasteiger partial charge in [0.25, 0.3) is 5.24 Å². The zero-order chi connectivity index (χ0) is 15.3. The molecule has 20 heavy (non-hydrogen) atoms. The lowest BCUT2D eigenvalue weighted by molar-refractivity contribution is -0.123. The fraction of sp³-hybridized carbons (Fsp3) is 0.333. The summed E-state index contributed by atoms with van der Waals surface area (Å²) in [6, 6.07) is 3.87. The zero-order valence-electron chi connectivity index (χ0n) is 10.7. The maximum atomic E-state index is 12.2. The molecule has 5 nitrogen and oxygen atoms in total. The normalized spacial score (nSPS) is 20.2. The first-order valence-electron chi connectivity index (χ1n) is 5.63. The molecule has 8 heteroatoms. The molecule has 1 aliphatic heterocycles. The number of benzene rings is 1. The van der Waals surface area contributed by atoms with Gasteiger partial charge >= 0.3 is 0 Å². The van der Waals surface area contributed by atoms with E-state index in [9.17, 15) is 18.0 Å². The lowest BCUT2D eigenvalue weighted by atomic mass is 9.95. The summed E-state index contributed by atoms with van der Waals surface area (Å²) in [5, 5.41) is -0.757. The van der Waals surface area contributed by atoms with Crippen LogP contribution in [0, 0.1) is 5.41 Å². The van der Waals surface area contributed by atoms with Gasteiger partial charge in [0.05, 0.1) is 27.4 Å². The molecular weight excluding hydrogens is 325 g/mol. The van der Waals surface area contributed by atoms with E-state index in [0.717, 1.165) is 4.31 Å². The molecule has 1 aliphatic rings. The second-order valence-corrected chi connectivity index (χ2v) is 7.72. The molecule has 0 N–H and O–H groups in total. The topological polar surface area (TPSA) is 71.5 Å². The Morgan fingerprint density at radius 3 is 2.35 bits per heavy atom. The quantitative estimate of drug-likeness (QED) is 0.778. The highest BCUT2D eigenvalue weighted by Gasteiger charge is 2.49. The molecule has 1 amide bonds. The van der Waals surface area contributed by atoms with E-state index in [1.807, 2.05) is 0 Å². The van der Waals surface area contributed by atoms with Gasteiger partial charge in [-0.05, 0) is 43.6 Å². The van der Waals surface area contributed by atoms with Crippen molar-refractivity contribution < 1.29 is 18.0 Å². The van der Waals surface area contributed by atoms with E-state index in [4.69, 9.17) is 23.2 Å². The van der Waals surface area contributed by atoms with Crippen molar-refractivity contribution in [2.45, 2.75) is 13.8 Å². The first-order valence-corrected chi connectivity index (χ1v) is 7.99. The average Bonchev–Trinajstić information content (AvgIpc) is 2.42. The van der Waals surface area contributed by atoms with Crippen LogP contribution in [0.25, 0.3) is 0 Å². The van der Waals surface area contributed by atoms with Crippen molar-refractivity contribution in [3.8, 4) is 0 Å². The van der Waals surface area contributed by atoms with Crippen LogP contribution in [0.1, 0.15) is 24.2 Å². The Morgan fingerprint density at radius 2 is 1.95 bits per heavy atom. The minimum absolute atomic E-state index is 0.00444. The summed E-state index contributed by atoms with van der Waals surface area (Å²) in [6.07, 6.45) is 0. The van der Waals surface area contributed by atoms with Crippen molar-refractivity contribution in [2.75, 3.05) is 10.1 Å². The molecule has 108 valence electrons. The molecule has 0 aromatic heterocycles. The van der Waals surface area contributed by atoms with Gasteiger partial charge in [0.1, 0.15) is 0 Å². The van der Waals surface area contributed by atoms with E-state index < -0.39 is 26.6 Å². The molecule has 0 unspecified atom stereocenters. The number of amides is 1. The van der Waals surface area contributed by atoms with Crippen molar-refractivity contribution >= 4 is 50.1 Å². The van der Waals surface area contributed by atoms with Gasteiger partial charge in [0.2, 0.25) is 15.9 Å². The summed E-state index contributed by atoms with van der Waals surface area (Å²) in [6.45, 7) is 3.12. The average molecular weight is 336 g/mol. The van der Waals surface area contributed by atoms with Crippen molar-refractivity contribution in [1.82, 2.24) is 0 Å². The van der Waals surface area contributed by atoms with Crippen LogP contribution in [0.4, 0.5) is 5.69 Å². The first-order chi connectivity index (χ1) is 9.06. The lowest BCUT2D eigenvalue weighted by Crippen LogP contribution is -2.32. The minimum atomic E-state index is -3.74. The van der Waals surface area contributed by atoms with Gasteiger partial charge in [0, 0.05) is 0 Å². The smallest absolute Gasteiger partial charge is 0.253 e. The Bertz CT molecular complexity index is 712. The fourth-order valence-electron chi connectivity index (χ4n) is 2.05. The molecular formula is C12H11Cl2NO4S. The number of carbonyl (C=O) groups excluding carboxylic acids is 2. The molecule has 1 heterocycles. The van der Waals surface area contributed by atoms with Crippen LogP contribution in [0.2, 0.25) is 5.02 Å². The Morgan fingerprint density at radius 1 is 1.35 bits per heavy atom. The van der Waals surface area contributed by atoms with Crippen LogP contribution >= 0.6 is 23.2 Å². The van der Waals surface area contributed by atoms with E-state index in [1.54, 1.807) is 13.8 Å². The van der Waals surface area contributed by atoms with Crippen molar-refractivity contribution in [1.29, 1.82) is 0 Å². The highest BCUT2D eigenvalue weighted by molar-refractivity contribution is 7.94. The molecule has 1 aromatic rings. The Hall–Kier alpha value is -1.11. The van der Waals surface area contributed by atoms with E-state index in [-0.39, 0.29) is 22.0 Å². The zero-order valence-corrected chi connectivity index (χ0v) is 13.0. The van der Waals surface area contributed by atoms with Crippen LogP contribution in [0.5, 0.6) is 0 Å². The monoisotopic (exact) mass is 335 g/mol. The minimum Gasteiger partial charge on any atom is -0.276 e. The molecule has 0 atom stereocenters. The number of rotatable bonds is 2. The summed E-state index contributed by atoms with van der Waals surface area (Å²) >= 11 is 11.2. The van der Waals surface area contributed by atoms with Gasteiger partial charge in [-0.2, -0.15) is 0 Å². The van der Waals surface area contributed by atoms with Crippen LogP contribution < -0.4 is 4.31 Å². The summed E-state index contributed by atoms with van der Waals surface area (Å²) in [5.74, 6) is -0.800. The summed E-state index contributed by atoms with van der Waals surface area (Å²) < 4.78 is 24.9. The van der Waals surface area contributed by atoms with Gasteiger partial charge < -0.3 is 0 Å². The Kier molecular flexibility index (Phi) is 3.60. The molecule has 0 aliphatic carbocycles. The van der Waals surface area contributed by atoms with Crippen LogP contribution in [0.15, 0.2) is 18.2 Å². The van der Waals surface area contributed by atoms with Gasteiger partial charge in [0.15, 0.2) is 0 Å². The molecule has 1 fully saturated rings. The highest BCUT2D eigenvalue weighted by Crippen LogP contribution is 2.37. The Balaban J connectivity index is 2.55. The number of sulfonamides is 1. The van der Waals surface area contributed by atoms with Crippen molar-refractivity contribution in [3.05, 3.63) is 28.8 Å². The van der Waals surface area contributed by atoms with Crippen molar-refractivity contribution in [3.63, 3.8) is 0 Å². The van der Waals surface area contributed by atoms with E-state index >= 15 is 0 Å². The first kappa shape index (κ1) is 15.3. The second kappa shape index (κ2) is 4.72. The largest absolute Gasteiger partial charge is 0.276 e. The molecule has 0 spiro atoms. The second-order valence-electron chi connectivity index (χ2n) is 5.15. The number of halogens is 2. The maximum Gasteiger partial charge on any atom is 0.253 e. The van der Waals surface area contributed by atoms with Crippen LogP contribution in [-0.4, -0.2) is 25.3 Å². The molecule has 0 bridgehead atoms. The summed E-state index contributed by atoms with van der Waals surface area (Å²) in [5.41, 5.74) is -0.834. The van der Waals surface area contributed by atoms with Crippen molar-refractivity contribution in [2.24, 2.45) is 5.41 Å². The number of hydrogen-bond acceptors (Lipinski definition) is 4. The highest BCUT2D eigenvalue weighted by atomic mass is 35.5. The predicted octanol–water partition coefficient (Wildman–Crippen LogP) is 2.42. The third-order valence-corrected chi connectivity index (χ3v) is 5.52. The van der Waals surface area contributed by atoms with Gasteiger partial charge in [-0.25, -0.2) is 12.7 Å². The van der Waals surface area contributed by atoms with Crippen LogP contribution in [0.3, 0.4) is 0 Å². The summed E-state index contributed by atoms with van der Waals surface area (Å²) in [7, 11) is -3.74. The molecule has 1 aromatic carbocycles. The number of carbonyl (C=O) groups is 2. The standard InChI is InChI=1S/C12H11Cl2NO4S/c1-12(2)6-20(18,19)15(11(12)17)7-3-4-8(10(14)16)9(13)5-7/h3-5H,6H2,1-2H3. The van der Waals surface area contributed by atoms with E-state index in [0.29, 0.717) is 0 Å². The predicted molar refractivity (Wildman–Crippen MR) is 76.7 cm³/mol. The van der Waals surface area contributed by atoms with E-state index in [2.05, 4.69) is 0 Å². The lowest BCUT2D eigenvalue weighted by Gasteiger charge is -2.18. The SMILES string of the molecule is CC1(C)CS(=O)(=O)N(c2ccc(C(=O)Cl)c(Cl)c2)C1=O. The molecule has 1 saturated heterocycles. The number of hydrogen-bond donors (Lipinski definition) is 0. The fourth-order valence-corrected chi connectivity index (χ4v) is 4.62. The number of anilines is 1. The third-order valence-electron chi connectivity index (χ3n) is 2.98. The maximum absolute atomic E-state index is 12.2. The third kappa shape index (κ3) is 2.43. The Labute approximate surface area is 126 Å². The van der Waals surface area contributed by atoms with E-state index in [1.165, 1.54) is 18.2 Å². The molecule has 2 rings (SSSR count). The summed E-state index contributed by atoms with van der Waals surface area (Å²) in [4.78, 5) is 23.3.